The van der Waals surface area contributed by atoms with Gasteiger partial charge in [0.15, 0.2) is 5.65 Å². The standard InChI is InChI=1S/C27H23N7O2S/c1-19-8-5-6-11-22(19)27-32-24-18-31-26-23(25(24)34(27)20(16-29)17-30-14-7-13-28)12-15-33(26)37(35,36)21-9-3-2-4-10-21/h2-6,8-12,15-18H,7,14,29H2,1H3. The zero-order valence-corrected chi connectivity index (χ0v) is 20.8. The van der Waals surface area contributed by atoms with Crippen molar-refractivity contribution >= 4 is 44.0 Å². The Balaban J connectivity index is 1.80. The third kappa shape index (κ3) is 4.15. The average Bonchev–Trinajstić information content (AvgIpc) is 3.52. The molecule has 5 aromatic rings. The normalized spacial score (nSPS) is 12.5. The molecule has 0 saturated heterocycles. The van der Waals surface area contributed by atoms with Gasteiger partial charge in [0.25, 0.3) is 10.0 Å². The molecule has 0 aliphatic rings. The van der Waals surface area contributed by atoms with Gasteiger partial charge in [-0.25, -0.2) is 22.4 Å². The molecule has 0 amide bonds. The third-order valence-corrected chi connectivity index (χ3v) is 7.67. The molecule has 2 N–H and O–H groups in total. The molecule has 2 aromatic carbocycles. The maximum atomic E-state index is 13.4. The summed E-state index contributed by atoms with van der Waals surface area (Å²) in [6, 6.07) is 19.8. The van der Waals surface area contributed by atoms with Gasteiger partial charge in [0.05, 0.1) is 41.3 Å². The van der Waals surface area contributed by atoms with Crippen molar-refractivity contribution in [2.45, 2.75) is 18.2 Å². The first kappa shape index (κ1) is 24.0. The first-order valence-corrected chi connectivity index (χ1v) is 13.0. The van der Waals surface area contributed by atoms with E-state index in [1.54, 1.807) is 48.8 Å². The van der Waals surface area contributed by atoms with Crippen LogP contribution in [0.3, 0.4) is 0 Å². The fourth-order valence-corrected chi connectivity index (χ4v) is 5.55. The molecule has 3 aromatic heterocycles. The van der Waals surface area contributed by atoms with Crippen molar-refractivity contribution in [3.05, 3.63) is 84.8 Å². The number of nitrogens with two attached hydrogens (primary N) is 1. The van der Waals surface area contributed by atoms with Crippen molar-refractivity contribution in [3.63, 3.8) is 0 Å². The largest absolute Gasteiger partial charge is 0.403 e. The van der Waals surface area contributed by atoms with E-state index in [4.69, 9.17) is 16.0 Å². The molecular formula is C27H23N7O2S. The van der Waals surface area contributed by atoms with Gasteiger partial charge in [-0.15, -0.1) is 0 Å². The summed E-state index contributed by atoms with van der Waals surface area (Å²) in [6.45, 7) is 2.31. The second-order valence-corrected chi connectivity index (χ2v) is 10.1. The second-order valence-electron chi connectivity index (χ2n) is 8.28. The molecule has 9 nitrogen and oxygen atoms in total. The topological polar surface area (TPSA) is 132 Å². The van der Waals surface area contributed by atoms with Crippen LogP contribution in [0.25, 0.3) is 39.2 Å². The molecule has 0 aliphatic heterocycles. The van der Waals surface area contributed by atoms with E-state index in [1.807, 2.05) is 35.8 Å². The van der Waals surface area contributed by atoms with Crippen LogP contribution in [0.2, 0.25) is 0 Å². The van der Waals surface area contributed by atoms with Crippen LogP contribution in [0, 0.1) is 18.3 Å². The molecule has 37 heavy (non-hydrogen) atoms. The van der Waals surface area contributed by atoms with Crippen LogP contribution >= 0.6 is 0 Å². The van der Waals surface area contributed by atoms with Gasteiger partial charge in [-0.1, -0.05) is 42.5 Å². The van der Waals surface area contributed by atoms with Crippen LogP contribution in [-0.2, 0) is 10.0 Å². The molecule has 0 unspecified atom stereocenters. The SMILES string of the molecule is Cc1ccccc1-c1nc2cnc3c(ccn3S(=O)(=O)c3ccccc3)c2n1C(C=NCCC#N)=CN. The molecule has 3 heterocycles. The number of aromatic nitrogens is 4. The van der Waals surface area contributed by atoms with Crippen molar-refractivity contribution in [2.24, 2.45) is 10.7 Å². The molecular weight excluding hydrogens is 486 g/mol. The van der Waals surface area contributed by atoms with Crippen LogP contribution in [0.4, 0.5) is 0 Å². The quantitative estimate of drug-likeness (QED) is 0.256. The highest BCUT2D eigenvalue weighted by Gasteiger charge is 2.24. The van der Waals surface area contributed by atoms with Crippen LogP contribution in [0.5, 0.6) is 0 Å². The van der Waals surface area contributed by atoms with E-state index < -0.39 is 10.0 Å². The summed E-state index contributed by atoms with van der Waals surface area (Å²) in [5.74, 6) is 0.615. The number of allylic oxidation sites excluding steroid dienone is 1. The number of nitrogens with zero attached hydrogens (tertiary/aromatic N) is 6. The van der Waals surface area contributed by atoms with Crippen LogP contribution < -0.4 is 5.73 Å². The lowest BCUT2D eigenvalue weighted by Gasteiger charge is -2.12. The van der Waals surface area contributed by atoms with Crippen molar-refractivity contribution in [3.8, 4) is 17.5 Å². The third-order valence-electron chi connectivity index (χ3n) is 5.99. The summed E-state index contributed by atoms with van der Waals surface area (Å²) in [6.07, 6.45) is 6.36. The Morgan fingerprint density at radius 1 is 1.14 bits per heavy atom. The summed E-state index contributed by atoms with van der Waals surface area (Å²) in [5, 5.41) is 9.46. The Morgan fingerprint density at radius 2 is 1.89 bits per heavy atom. The number of pyridine rings is 1. The molecule has 5 rings (SSSR count). The number of nitriles is 1. The lowest BCUT2D eigenvalue weighted by atomic mass is 10.1. The van der Waals surface area contributed by atoms with Gasteiger partial charge in [0, 0.05) is 29.6 Å². The van der Waals surface area contributed by atoms with Crippen molar-refractivity contribution < 1.29 is 8.42 Å². The number of hydrogen-bond acceptors (Lipinski definition) is 7. The summed E-state index contributed by atoms with van der Waals surface area (Å²) in [7, 11) is -3.87. The van der Waals surface area contributed by atoms with Gasteiger partial charge >= 0.3 is 0 Å². The zero-order chi connectivity index (χ0) is 26.0. The first-order chi connectivity index (χ1) is 18.0. The smallest absolute Gasteiger partial charge is 0.269 e. The van der Waals surface area contributed by atoms with E-state index in [0.717, 1.165) is 11.1 Å². The van der Waals surface area contributed by atoms with Gasteiger partial charge < -0.3 is 5.73 Å². The maximum Gasteiger partial charge on any atom is 0.269 e. The predicted octanol–water partition coefficient (Wildman–Crippen LogP) is 4.34. The molecule has 0 atom stereocenters. The van der Waals surface area contributed by atoms with Crippen LogP contribution in [-0.4, -0.2) is 39.7 Å². The fraction of sp³-hybridized carbons (Fsp3) is 0.111. The number of hydrogen-bond donors (Lipinski definition) is 1. The highest BCUT2D eigenvalue weighted by Crippen LogP contribution is 2.34. The van der Waals surface area contributed by atoms with Gasteiger partial charge in [-0.2, -0.15) is 5.26 Å². The van der Waals surface area contributed by atoms with E-state index in [1.165, 1.54) is 16.4 Å². The number of aryl methyl sites for hydroxylation is 1. The molecule has 0 fully saturated rings. The van der Waals surface area contributed by atoms with Crippen LogP contribution in [0.1, 0.15) is 12.0 Å². The highest BCUT2D eigenvalue weighted by atomic mass is 32.2. The minimum atomic E-state index is -3.87. The predicted molar refractivity (Wildman–Crippen MR) is 144 cm³/mol. The Kier molecular flexibility index (Phi) is 6.29. The Morgan fingerprint density at radius 3 is 2.62 bits per heavy atom. The lowest BCUT2D eigenvalue weighted by molar-refractivity contribution is 0.589. The molecule has 0 saturated carbocycles. The van der Waals surface area contributed by atoms with Crippen molar-refractivity contribution in [1.29, 1.82) is 5.26 Å². The number of fused-ring (bicyclic) bond motifs is 3. The molecule has 10 heteroatoms. The van der Waals surface area contributed by atoms with Gasteiger partial charge in [0.2, 0.25) is 0 Å². The lowest BCUT2D eigenvalue weighted by Crippen LogP contribution is -2.12. The molecule has 0 aliphatic carbocycles. The summed E-state index contributed by atoms with van der Waals surface area (Å²) >= 11 is 0. The highest BCUT2D eigenvalue weighted by molar-refractivity contribution is 7.90. The maximum absolute atomic E-state index is 13.4. The van der Waals surface area contributed by atoms with E-state index in [0.29, 0.717) is 34.5 Å². The van der Waals surface area contributed by atoms with E-state index in [-0.39, 0.29) is 17.0 Å². The Hall–Kier alpha value is -4.75. The summed E-state index contributed by atoms with van der Waals surface area (Å²) in [5.41, 5.74) is 9.98. The monoisotopic (exact) mass is 509 g/mol. The number of imidazole rings is 1. The molecule has 184 valence electrons. The van der Waals surface area contributed by atoms with E-state index >= 15 is 0 Å². The second kappa shape index (κ2) is 9.72. The number of aliphatic imine (C=N–C) groups is 1. The minimum Gasteiger partial charge on any atom is -0.403 e. The molecule has 0 bridgehead atoms. The molecule has 0 spiro atoms. The Bertz CT molecular complexity index is 1830. The van der Waals surface area contributed by atoms with Gasteiger partial charge in [-0.05, 0) is 30.7 Å². The van der Waals surface area contributed by atoms with Gasteiger partial charge in [0.1, 0.15) is 11.3 Å². The van der Waals surface area contributed by atoms with Crippen LogP contribution in [0.15, 0.2) is 89.1 Å². The number of benzene rings is 2. The summed E-state index contributed by atoms with van der Waals surface area (Å²) < 4.78 is 29.9. The van der Waals surface area contributed by atoms with Crippen molar-refractivity contribution in [1.82, 2.24) is 18.5 Å². The van der Waals surface area contributed by atoms with Crippen molar-refractivity contribution in [2.75, 3.05) is 6.54 Å². The zero-order valence-electron chi connectivity index (χ0n) is 20.0. The number of rotatable bonds is 7. The molecule has 0 radical (unpaired) electrons. The first-order valence-electron chi connectivity index (χ1n) is 11.5. The van der Waals surface area contributed by atoms with E-state index in [2.05, 4.69) is 16.0 Å². The van der Waals surface area contributed by atoms with Gasteiger partial charge in [-0.3, -0.25) is 9.56 Å². The average molecular weight is 510 g/mol. The minimum absolute atomic E-state index is 0.163. The van der Waals surface area contributed by atoms with E-state index in [9.17, 15) is 8.42 Å². The fourth-order valence-electron chi connectivity index (χ4n) is 4.23. The summed E-state index contributed by atoms with van der Waals surface area (Å²) in [4.78, 5) is 13.9. The Labute approximate surface area is 213 Å².